The van der Waals surface area contributed by atoms with Crippen LogP contribution in [0, 0.1) is 12.3 Å². The Morgan fingerprint density at radius 1 is 1.38 bits per heavy atom. The number of ether oxygens (including phenoxy) is 2. The van der Waals surface area contributed by atoms with E-state index in [0.29, 0.717) is 27.8 Å². The molecule has 0 atom stereocenters. The van der Waals surface area contributed by atoms with Crippen LogP contribution in [0.4, 0.5) is 0 Å². The number of hydrogen-bond donors (Lipinski definition) is 2. The summed E-state index contributed by atoms with van der Waals surface area (Å²) in [5, 5.41) is 11.1. The van der Waals surface area contributed by atoms with Crippen LogP contribution in [0.5, 0.6) is 11.5 Å². The first-order valence-electron chi connectivity index (χ1n) is 8.29. The van der Waals surface area contributed by atoms with Crippen molar-refractivity contribution in [2.24, 2.45) is 5.10 Å². The predicted molar refractivity (Wildman–Crippen MR) is 110 cm³/mol. The Hall–Kier alpha value is -3.83. The summed E-state index contributed by atoms with van der Waals surface area (Å²) < 4.78 is 10.6. The van der Waals surface area contributed by atoms with Crippen LogP contribution in [-0.4, -0.2) is 36.0 Å². The van der Waals surface area contributed by atoms with E-state index >= 15 is 0 Å². The van der Waals surface area contributed by atoms with Gasteiger partial charge in [-0.2, -0.15) is 10.2 Å². The van der Waals surface area contributed by atoms with Crippen LogP contribution in [0.2, 0.25) is 5.02 Å². The largest absolute Gasteiger partial charge is 0.493 e. The van der Waals surface area contributed by atoms with Crippen molar-refractivity contribution in [1.29, 1.82) is 0 Å². The lowest BCUT2D eigenvalue weighted by Crippen LogP contribution is -2.22. The summed E-state index contributed by atoms with van der Waals surface area (Å²) in [4.78, 5) is 24.2. The average molecular weight is 411 g/mol. The highest BCUT2D eigenvalue weighted by Crippen LogP contribution is 2.35. The van der Waals surface area contributed by atoms with Gasteiger partial charge in [0.1, 0.15) is 6.61 Å². The van der Waals surface area contributed by atoms with Crippen LogP contribution in [0.25, 0.3) is 10.8 Å². The molecule has 0 saturated heterocycles. The number of nitrogens with zero attached hydrogens (tertiary/aromatic N) is 2. The number of hydrazone groups is 1. The number of benzene rings is 2. The van der Waals surface area contributed by atoms with Gasteiger partial charge >= 0.3 is 0 Å². The number of carbonyl (C=O) groups is 1. The van der Waals surface area contributed by atoms with E-state index in [4.69, 9.17) is 27.5 Å². The van der Waals surface area contributed by atoms with E-state index < -0.39 is 5.91 Å². The molecule has 0 bridgehead atoms. The Morgan fingerprint density at radius 2 is 2.14 bits per heavy atom. The second-order valence-corrected chi connectivity index (χ2v) is 6.08. The van der Waals surface area contributed by atoms with E-state index in [1.54, 1.807) is 36.4 Å². The van der Waals surface area contributed by atoms with Gasteiger partial charge in [-0.05, 0) is 23.8 Å². The Morgan fingerprint density at radius 3 is 2.86 bits per heavy atom. The van der Waals surface area contributed by atoms with Gasteiger partial charge in [0.25, 0.3) is 11.5 Å². The molecule has 1 amide bonds. The highest BCUT2D eigenvalue weighted by atomic mass is 35.5. The van der Waals surface area contributed by atoms with E-state index in [9.17, 15) is 9.59 Å². The molecular formula is C20H15ClN4O4. The number of H-pyrrole nitrogens is 1. The third-order valence-corrected chi connectivity index (χ3v) is 4.12. The van der Waals surface area contributed by atoms with E-state index in [1.807, 2.05) is 0 Å². The minimum atomic E-state index is -0.583. The van der Waals surface area contributed by atoms with Gasteiger partial charge in [-0.3, -0.25) is 9.59 Å². The molecule has 0 radical (unpaired) electrons. The number of carbonyl (C=O) groups excluding carboxylic acids is 1. The fraction of sp³-hybridized carbons (Fsp3) is 0.100. The van der Waals surface area contributed by atoms with Crippen molar-refractivity contribution in [1.82, 2.24) is 15.6 Å². The van der Waals surface area contributed by atoms with Crippen LogP contribution in [-0.2, 0) is 0 Å². The van der Waals surface area contributed by atoms with Gasteiger partial charge in [0.05, 0.1) is 23.7 Å². The van der Waals surface area contributed by atoms with Gasteiger partial charge in [-0.15, -0.1) is 6.42 Å². The number of rotatable bonds is 6. The molecule has 1 heterocycles. The molecule has 0 spiro atoms. The SMILES string of the molecule is C#CCOc1c(Cl)cc(/C=N\NC(=O)c2n[nH]c(=O)c3ccccc23)cc1OC. The lowest BCUT2D eigenvalue weighted by atomic mass is 10.1. The molecule has 9 heteroatoms. The first-order valence-corrected chi connectivity index (χ1v) is 8.67. The lowest BCUT2D eigenvalue weighted by molar-refractivity contribution is 0.0951. The van der Waals surface area contributed by atoms with Crippen LogP contribution >= 0.6 is 11.6 Å². The van der Waals surface area contributed by atoms with Crippen molar-refractivity contribution in [2.75, 3.05) is 13.7 Å². The maximum atomic E-state index is 12.4. The summed E-state index contributed by atoms with van der Waals surface area (Å²) in [6.07, 6.45) is 6.57. The summed E-state index contributed by atoms with van der Waals surface area (Å²) in [5.41, 5.74) is 2.59. The Kier molecular flexibility index (Phi) is 6.12. The van der Waals surface area contributed by atoms with Gasteiger partial charge in [-0.25, -0.2) is 10.5 Å². The number of fused-ring (bicyclic) bond motifs is 1. The van der Waals surface area contributed by atoms with E-state index in [-0.39, 0.29) is 22.9 Å². The fourth-order valence-corrected chi connectivity index (χ4v) is 2.85. The number of aromatic nitrogens is 2. The standard InChI is InChI=1S/C20H15ClN4O4/c1-3-8-29-18-15(21)9-12(10-16(18)28-2)11-22-24-20(27)17-13-6-4-5-7-14(13)19(26)25-23-17/h1,4-7,9-11H,8H2,2H3,(H,24,27)(H,25,26)/b22-11-. The smallest absolute Gasteiger partial charge is 0.292 e. The lowest BCUT2D eigenvalue weighted by Gasteiger charge is -2.11. The van der Waals surface area contributed by atoms with Crippen LogP contribution in [0.3, 0.4) is 0 Å². The minimum Gasteiger partial charge on any atom is -0.493 e. The summed E-state index contributed by atoms with van der Waals surface area (Å²) in [6.45, 7) is 0.0414. The Labute approximate surface area is 170 Å². The first-order chi connectivity index (χ1) is 14.0. The zero-order chi connectivity index (χ0) is 20.8. The molecule has 0 saturated carbocycles. The molecular weight excluding hydrogens is 396 g/mol. The second kappa shape index (κ2) is 8.91. The molecule has 1 aromatic heterocycles. The molecule has 29 heavy (non-hydrogen) atoms. The number of terminal acetylenes is 1. The van der Waals surface area contributed by atoms with Crippen LogP contribution in [0.1, 0.15) is 16.1 Å². The highest BCUT2D eigenvalue weighted by Gasteiger charge is 2.14. The zero-order valence-corrected chi connectivity index (χ0v) is 16.0. The molecule has 2 aromatic carbocycles. The van der Waals surface area contributed by atoms with Crippen molar-refractivity contribution < 1.29 is 14.3 Å². The molecule has 2 N–H and O–H groups in total. The van der Waals surface area contributed by atoms with Gasteiger partial charge in [0.15, 0.2) is 17.2 Å². The summed E-state index contributed by atoms with van der Waals surface area (Å²) >= 11 is 6.20. The molecule has 0 aliphatic rings. The maximum Gasteiger partial charge on any atom is 0.292 e. The Balaban J connectivity index is 1.81. The summed E-state index contributed by atoms with van der Waals surface area (Å²) in [5.74, 6) is 2.45. The molecule has 146 valence electrons. The number of aromatic amines is 1. The quantitative estimate of drug-likeness (QED) is 0.368. The third-order valence-electron chi connectivity index (χ3n) is 3.84. The van der Waals surface area contributed by atoms with Gasteiger partial charge in [-0.1, -0.05) is 35.7 Å². The van der Waals surface area contributed by atoms with Gasteiger partial charge in [0.2, 0.25) is 0 Å². The number of methoxy groups -OCH3 is 1. The maximum absolute atomic E-state index is 12.4. The highest BCUT2D eigenvalue weighted by molar-refractivity contribution is 6.32. The normalized spacial score (nSPS) is 10.7. The van der Waals surface area contributed by atoms with Crippen LogP contribution < -0.4 is 20.5 Å². The fourth-order valence-electron chi connectivity index (χ4n) is 2.57. The third kappa shape index (κ3) is 4.36. The molecule has 3 rings (SSSR count). The van der Waals surface area contributed by atoms with E-state index in [0.717, 1.165) is 0 Å². The molecule has 0 aliphatic carbocycles. The van der Waals surface area contributed by atoms with Crippen molar-refractivity contribution in [3.63, 3.8) is 0 Å². The first kappa shape index (κ1) is 19.9. The summed E-state index contributed by atoms with van der Waals surface area (Å²) in [7, 11) is 1.46. The zero-order valence-electron chi connectivity index (χ0n) is 15.2. The van der Waals surface area contributed by atoms with E-state index in [1.165, 1.54) is 13.3 Å². The number of amides is 1. The van der Waals surface area contributed by atoms with E-state index in [2.05, 4.69) is 26.6 Å². The summed E-state index contributed by atoms with van der Waals surface area (Å²) in [6, 6.07) is 9.86. The molecule has 3 aromatic rings. The van der Waals surface area contributed by atoms with Gasteiger partial charge < -0.3 is 9.47 Å². The Bertz CT molecular complexity index is 1200. The topological polar surface area (TPSA) is 106 Å². The van der Waals surface area contributed by atoms with Crippen molar-refractivity contribution in [3.8, 4) is 23.8 Å². The predicted octanol–water partition coefficient (Wildman–Crippen LogP) is 2.36. The molecule has 8 nitrogen and oxygen atoms in total. The number of nitrogens with one attached hydrogen (secondary N) is 2. The monoisotopic (exact) mass is 410 g/mol. The van der Waals surface area contributed by atoms with Crippen molar-refractivity contribution >= 4 is 34.5 Å². The second-order valence-electron chi connectivity index (χ2n) is 5.67. The molecule has 0 unspecified atom stereocenters. The number of hydrogen-bond acceptors (Lipinski definition) is 6. The van der Waals surface area contributed by atoms with Crippen molar-refractivity contribution in [3.05, 3.63) is 63.0 Å². The average Bonchev–Trinajstić information content (AvgIpc) is 2.73. The molecule has 0 aliphatic heterocycles. The number of halogens is 1. The van der Waals surface area contributed by atoms with Gasteiger partial charge in [0, 0.05) is 5.39 Å². The molecule has 0 fully saturated rings. The minimum absolute atomic E-state index is 0.0414. The van der Waals surface area contributed by atoms with Crippen LogP contribution in [0.15, 0.2) is 46.3 Å². The van der Waals surface area contributed by atoms with Crippen molar-refractivity contribution in [2.45, 2.75) is 0 Å².